The zero-order valence-corrected chi connectivity index (χ0v) is 12.2. The second-order valence-electron chi connectivity index (χ2n) is 4.90. The van der Waals surface area contributed by atoms with Crippen molar-refractivity contribution in [2.45, 2.75) is 39.7 Å². The van der Waals surface area contributed by atoms with Crippen LogP contribution < -0.4 is 15.4 Å². The highest BCUT2D eigenvalue weighted by Crippen LogP contribution is 2.22. The highest BCUT2D eigenvalue weighted by atomic mass is 16.5. The number of rotatable bonds is 7. The Balaban J connectivity index is 2.57. The van der Waals surface area contributed by atoms with E-state index in [0.29, 0.717) is 6.42 Å². The number of anilines is 1. The van der Waals surface area contributed by atoms with Crippen molar-refractivity contribution in [3.63, 3.8) is 0 Å². The zero-order chi connectivity index (χ0) is 14.3. The van der Waals surface area contributed by atoms with Crippen LogP contribution in [0.15, 0.2) is 18.2 Å². The molecule has 0 atom stereocenters. The van der Waals surface area contributed by atoms with Crippen molar-refractivity contribution >= 4 is 11.6 Å². The largest absolute Gasteiger partial charge is 0.491 e. The summed E-state index contributed by atoms with van der Waals surface area (Å²) in [5.41, 5.74) is 1.87. The molecule has 0 heterocycles. The number of hydrogen-bond acceptors (Lipinski definition) is 3. The number of aryl methyl sites for hydroxylation is 1. The molecule has 4 nitrogen and oxygen atoms in total. The Morgan fingerprint density at radius 3 is 2.68 bits per heavy atom. The molecule has 1 rings (SSSR count). The topological polar surface area (TPSA) is 50.4 Å². The Morgan fingerprint density at radius 1 is 1.37 bits per heavy atom. The van der Waals surface area contributed by atoms with Crippen LogP contribution in [0.4, 0.5) is 5.69 Å². The Hall–Kier alpha value is -1.55. The number of carbonyl (C=O) groups is 1. The molecule has 0 bridgehead atoms. The lowest BCUT2D eigenvalue weighted by Crippen LogP contribution is -2.15. The van der Waals surface area contributed by atoms with Gasteiger partial charge in [0.25, 0.3) is 0 Å². The van der Waals surface area contributed by atoms with E-state index in [-0.39, 0.29) is 12.0 Å². The third-order valence-electron chi connectivity index (χ3n) is 2.67. The Labute approximate surface area is 115 Å². The third-order valence-corrected chi connectivity index (χ3v) is 2.67. The highest BCUT2D eigenvalue weighted by molar-refractivity contribution is 5.91. The van der Waals surface area contributed by atoms with Crippen LogP contribution in [-0.4, -0.2) is 25.6 Å². The molecule has 19 heavy (non-hydrogen) atoms. The Kier molecular flexibility index (Phi) is 6.36. The van der Waals surface area contributed by atoms with Gasteiger partial charge in [0, 0.05) is 12.1 Å². The lowest BCUT2D eigenvalue weighted by Gasteiger charge is -2.13. The smallest absolute Gasteiger partial charge is 0.224 e. The van der Waals surface area contributed by atoms with Crippen molar-refractivity contribution < 1.29 is 9.53 Å². The predicted molar refractivity (Wildman–Crippen MR) is 78.7 cm³/mol. The van der Waals surface area contributed by atoms with Gasteiger partial charge in [-0.05, 0) is 64.5 Å². The summed E-state index contributed by atoms with van der Waals surface area (Å²) in [6.45, 7) is 6.81. The molecule has 0 saturated carbocycles. The van der Waals surface area contributed by atoms with Gasteiger partial charge >= 0.3 is 0 Å². The first-order chi connectivity index (χ1) is 9.02. The summed E-state index contributed by atoms with van der Waals surface area (Å²) in [4.78, 5) is 11.7. The summed E-state index contributed by atoms with van der Waals surface area (Å²) in [5.74, 6) is 0.886. The van der Waals surface area contributed by atoms with E-state index in [1.165, 1.54) is 0 Å². The minimum atomic E-state index is 0.0517. The number of ether oxygens (including phenoxy) is 1. The minimum absolute atomic E-state index is 0.0517. The fourth-order valence-corrected chi connectivity index (χ4v) is 1.76. The molecule has 2 N–H and O–H groups in total. The van der Waals surface area contributed by atoms with E-state index in [0.717, 1.165) is 30.0 Å². The lowest BCUT2D eigenvalue weighted by molar-refractivity contribution is -0.116. The number of nitrogens with one attached hydrogen (secondary N) is 2. The number of hydrogen-bond donors (Lipinski definition) is 2. The molecule has 106 valence electrons. The maximum Gasteiger partial charge on any atom is 0.224 e. The van der Waals surface area contributed by atoms with Crippen molar-refractivity contribution in [2.75, 3.05) is 18.9 Å². The van der Waals surface area contributed by atoms with Crippen molar-refractivity contribution in [1.29, 1.82) is 0 Å². The molecule has 0 saturated heterocycles. The fraction of sp³-hybridized carbons (Fsp3) is 0.533. The van der Waals surface area contributed by atoms with Crippen LogP contribution in [0.25, 0.3) is 0 Å². The molecule has 0 fully saturated rings. The zero-order valence-electron chi connectivity index (χ0n) is 12.2. The number of benzene rings is 1. The van der Waals surface area contributed by atoms with Gasteiger partial charge in [0.15, 0.2) is 0 Å². The molecule has 1 aromatic carbocycles. The van der Waals surface area contributed by atoms with Crippen molar-refractivity contribution in [3.05, 3.63) is 23.8 Å². The molecule has 0 spiro atoms. The van der Waals surface area contributed by atoms with Crippen LogP contribution in [0.5, 0.6) is 5.75 Å². The molecular formula is C15H24N2O2. The first-order valence-electron chi connectivity index (χ1n) is 6.74. The van der Waals surface area contributed by atoms with Gasteiger partial charge in [-0.2, -0.15) is 0 Å². The molecule has 0 aliphatic heterocycles. The SMILES string of the molecule is CNCCCC(=O)Nc1ccc(OC(C)C)cc1C. The van der Waals surface area contributed by atoms with Gasteiger partial charge in [-0.3, -0.25) is 4.79 Å². The van der Waals surface area contributed by atoms with Gasteiger partial charge in [0.2, 0.25) is 5.91 Å². The van der Waals surface area contributed by atoms with Crippen LogP contribution in [0.1, 0.15) is 32.3 Å². The average Bonchev–Trinajstić information content (AvgIpc) is 2.32. The normalized spacial score (nSPS) is 10.6. The molecule has 0 aromatic heterocycles. The standard InChI is InChI=1S/C15H24N2O2/c1-11(2)19-13-7-8-14(12(3)10-13)17-15(18)6-5-9-16-4/h7-8,10-11,16H,5-6,9H2,1-4H3,(H,17,18). The summed E-state index contributed by atoms with van der Waals surface area (Å²) in [6.07, 6.45) is 1.53. The van der Waals surface area contributed by atoms with Crippen molar-refractivity contribution in [3.8, 4) is 5.75 Å². The summed E-state index contributed by atoms with van der Waals surface area (Å²) >= 11 is 0. The van der Waals surface area contributed by atoms with Gasteiger partial charge < -0.3 is 15.4 Å². The molecular weight excluding hydrogens is 240 g/mol. The van der Waals surface area contributed by atoms with E-state index in [4.69, 9.17) is 4.74 Å². The lowest BCUT2D eigenvalue weighted by atomic mass is 10.2. The fourth-order valence-electron chi connectivity index (χ4n) is 1.76. The maximum atomic E-state index is 11.7. The van der Waals surface area contributed by atoms with Crippen molar-refractivity contribution in [1.82, 2.24) is 5.32 Å². The molecule has 1 aromatic rings. The summed E-state index contributed by atoms with van der Waals surface area (Å²) < 4.78 is 5.61. The molecule has 0 unspecified atom stereocenters. The van der Waals surface area contributed by atoms with Crippen LogP contribution in [0.2, 0.25) is 0 Å². The van der Waals surface area contributed by atoms with Crippen molar-refractivity contribution in [2.24, 2.45) is 0 Å². The van der Waals surface area contributed by atoms with E-state index in [1.54, 1.807) is 0 Å². The van der Waals surface area contributed by atoms with E-state index >= 15 is 0 Å². The quantitative estimate of drug-likeness (QED) is 0.744. The number of carbonyl (C=O) groups excluding carboxylic acids is 1. The summed E-state index contributed by atoms with van der Waals surface area (Å²) in [5, 5.41) is 5.95. The first-order valence-corrected chi connectivity index (χ1v) is 6.74. The monoisotopic (exact) mass is 264 g/mol. The van der Waals surface area contributed by atoms with Gasteiger partial charge in [-0.1, -0.05) is 0 Å². The Bertz CT molecular complexity index is 417. The predicted octanol–water partition coefficient (Wildman–Crippen LogP) is 2.72. The summed E-state index contributed by atoms with van der Waals surface area (Å²) in [6, 6.07) is 5.72. The molecule has 1 amide bonds. The van der Waals surface area contributed by atoms with Gasteiger partial charge in [0.05, 0.1) is 6.10 Å². The van der Waals surface area contributed by atoms with E-state index in [9.17, 15) is 4.79 Å². The maximum absolute atomic E-state index is 11.7. The third kappa shape index (κ3) is 5.75. The number of amides is 1. The van der Waals surface area contributed by atoms with Crippen LogP contribution in [0.3, 0.4) is 0 Å². The summed E-state index contributed by atoms with van der Waals surface area (Å²) in [7, 11) is 1.88. The van der Waals surface area contributed by atoms with Crippen LogP contribution in [0, 0.1) is 6.92 Å². The first kappa shape index (κ1) is 15.5. The molecule has 4 heteroatoms. The van der Waals surface area contributed by atoms with E-state index in [1.807, 2.05) is 46.0 Å². The minimum Gasteiger partial charge on any atom is -0.491 e. The highest BCUT2D eigenvalue weighted by Gasteiger charge is 2.06. The molecule has 0 aliphatic carbocycles. The van der Waals surface area contributed by atoms with Gasteiger partial charge in [-0.25, -0.2) is 0 Å². The molecule has 0 radical (unpaired) electrons. The van der Waals surface area contributed by atoms with E-state index in [2.05, 4.69) is 10.6 Å². The van der Waals surface area contributed by atoms with Crippen LogP contribution in [-0.2, 0) is 4.79 Å². The van der Waals surface area contributed by atoms with Crippen LogP contribution >= 0.6 is 0 Å². The van der Waals surface area contributed by atoms with E-state index < -0.39 is 0 Å². The Morgan fingerprint density at radius 2 is 2.11 bits per heavy atom. The van der Waals surface area contributed by atoms with Gasteiger partial charge in [-0.15, -0.1) is 0 Å². The average molecular weight is 264 g/mol. The van der Waals surface area contributed by atoms with Gasteiger partial charge in [0.1, 0.15) is 5.75 Å². The second-order valence-corrected chi connectivity index (χ2v) is 4.90. The molecule has 0 aliphatic rings. The second kappa shape index (κ2) is 7.79.